The van der Waals surface area contributed by atoms with E-state index in [1.54, 1.807) is 38.5 Å². The molecule has 2 rings (SSSR count). The molecular weight excluding hydrogens is 424 g/mol. The Balaban J connectivity index is 2.79. The van der Waals surface area contributed by atoms with Gasteiger partial charge in [0.1, 0.15) is 46.9 Å². The van der Waals surface area contributed by atoms with Gasteiger partial charge in [-0.1, -0.05) is 48.6 Å². The average molecular weight is 444 g/mol. The highest BCUT2D eigenvalue weighted by Gasteiger charge is 2.09. The number of nitriles is 4. The van der Waals surface area contributed by atoms with E-state index < -0.39 is 0 Å². The van der Waals surface area contributed by atoms with Crippen LogP contribution in [0.25, 0.3) is 11.1 Å². The number of hydrogen-bond acceptors (Lipinski definition) is 6. The maximum atomic E-state index is 9.03. The molecule has 34 heavy (non-hydrogen) atoms. The van der Waals surface area contributed by atoms with Crippen molar-refractivity contribution in [3.63, 3.8) is 0 Å². The van der Waals surface area contributed by atoms with Crippen LogP contribution >= 0.6 is 0 Å². The first-order valence-electron chi connectivity index (χ1n) is 10.00. The van der Waals surface area contributed by atoms with Crippen LogP contribution in [0.1, 0.15) is 11.1 Å². The van der Waals surface area contributed by atoms with Crippen LogP contribution in [0.2, 0.25) is 0 Å². The first-order chi connectivity index (χ1) is 16.6. The zero-order valence-electron chi connectivity index (χ0n) is 18.7. The maximum absolute atomic E-state index is 9.03. The Kier molecular flexibility index (Phi) is 9.68. The van der Waals surface area contributed by atoms with E-state index in [9.17, 15) is 0 Å². The normalized spacial score (nSPS) is 10.8. The average Bonchev–Trinajstić information content (AvgIpc) is 2.90. The van der Waals surface area contributed by atoms with Crippen molar-refractivity contribution in [2.45, 2.75) is 0 Å². The fraction of sp³-hybridized carbons (Fsp3) is 0.0714. The fourth-order valence-electron chi connectivity index (χ4n) is 2.90. The Hall–Kier alpha value is -5.30. The molecule has 6 heteroatoms. The van der Waals surface area contributed by atoms with Gasteiger partial charge in [-0.05, 0) is 58.7 Å². The molecule has 0 bridgehead atoms. The summed E-state index contributed by atoms with van der Waals surface area (Å²) < 4.78 is 10.5. The highest BCUT2D eigenvalue weighted by molar-refractivity contribution is 6.00. The monoisotopic (exact) mass is 444 g/mol. The van der Waals surface area contributed by atoms with E-state index in [0.717, 1.165) is 22.3 Å². The predicted molar refractivity (Wildman–Crippen MR) is 130 cm³/mol. The standard InChI is InChI=1S/C28H20N4O2/c1-33-25-13-9-23(10-14-25)27(7-3-5-21(17-29)18-30)28(8-4-6-22(19-31)20-32)24-11-15-26(34-2)16-12-24/h3-16H,1-2H3/b7-3+,8-4+,28-27+. The van der Waals surface area contributed by atoms with Gasteiger partial charge in [-0.25, -0.2) is 0 Å². The van der Waals surface area contributed by atoms with Gasteiger partial charge >= 0.3 is 0 Å². The lowest BCUT2D eigenvalue weighted by Crippen LogP contribution is -1.91. The minimum Gasteiger partial charge on any atom is -0.497 e. The minimum absolute atomic E-state index is 0.0255. The van der Waals surface area contributed by atoms with Crippen molar-refractivity contribution < 1.29 is 9.47 Å². The predicted octanol–water partition coefficient (Wildman–Crippen LogP) is 5.67. The van der Waals surface area contributed by atoms with Crippen LogP contribution in [-0.2, 0) is 0 Å². The second kappa shape index (κ2) is 13.2. The molecule has 0 saturated heterocycles. The summed E-state index contributed by atoms with van der Waals surface area (Å²) in [7, 11) is 3.17. The molecule has 0 aliphatic heterocycles. The van der Waals surface area contributed by atoms with E-state index in [-0.39, 0.29) is 11.1 Å². The maximum Gasteiger partial charge on any atom is 0.129 e. The third-order valence-corrected chi connectivity index (χ3v) is 4.63. The first-order valence-corrected chi connectivity index (χ1v) is 10.00. The number of methoxy groups -OCH3 is 2. The van der Waals surface area contributed by atoms with Gasteiger partial charge in [-0.3, -0.25) is 0 Å². The molecule has 0 aliphatic rings. The van der Waals surface area contributed by atoms with Gasteiger partial charge in [-0.2, -0.15) is 21.0 Å². The zero-order valence-corrected chi connectivity index (χ0v) is 18.7. The summed E-state index contributed by atoms with van der Waals surface area (Å²) in [6, 6.07) is 22.2. The van der Waals surface area contributed by atoms with Crippen LogP contribution in [0.5, 0.6) is 11.5 Å². The number of nitrogens with zero attached hydrogens (tertiary/aromatic N) is 4. The van der Waals surface area contributed by atoms with Gasteiger partial charge in [0, 0.05) is 0 Å². The molecule has 0 saturated carbocycles. The number of ether oxygens (including phenoxy) is 2. The highest BCUT2D eigenvalue weighted by Crippen LogP contribution is 2.31. The first kappa shape index (κ1) is 25.0. The second-order valence-electron chi connectivity index (χ2n) is 6.61. The summed E-state index contributed by atoms with van der Waals surface area (Å²) >= 11 is 0. The number of allylic oxidation sites excluding steroid dienone is 10. The summed E-state index contributed by atoms with van der Waals surface area (Å²) in [6.07, 6.45) is 9.71. The highest BCUT2D eigenvalue weighted by atomic mass is 16.5. The summed E-state index contributed by atoms with van der Waals surface area (Å²) in [4.78, 5) is 0. The van der Waals surface area contributed by atoms with Crippen LogP contribution in [0, 0.1) is 45.3 Å². The topological polar surface area (TPSA) is 114 Å². The van der Waals surface area contributed by atoms with Crippen LogP contribution in [0.15, 0.2) is 96.1 Å². The molecule has 0 aromatic heterocycles. The summed E-state index contributed by atoms with van der Waals surface area (Å²) in [5, 5.41) is 36.1. The van der Waals surface area contributed by atoms with Crippen molar-refractivity contribution in [3.05, 3.63) is 107 Å². The van der Waals surface area contributed by atoms with Crippen molar-refractivity contribution in [1.82, 2.24) is 0 Å². The number of hydrogen-bond donors (Lipinski definition) is 0. The van der Waals surface area contributed by atoms with Crippen molar-refractivity contribution >= 4 is 11.1 Å². The molecule has 0 spiro atoms. The van der Waals surface area contributed by atoms with Gasteiger partial charge in [0.25, 0.3) is 0 Å². The van der Waals surface area contributed by atoms with Crippen molar-refractivity contribution in [3.8, 4) is 35.8 Å². The van der Waals surface area contributed by atoms with Gasteiger partial charge in [0.05, 0.1) is 14.2 Å². The minimum atomic E-state index is -0.0255. The molecule has 0 aliphatic carbocycles. The molecule has 0 atom stereocenters. The third-order valence-electron chi connectivity index (χ3n) is 4.63. The molecule has 2 aromatic carbocycles. The Morgan fingerprint density at radius 1 is 0.588 bits per heavy atom. The van der Waals surface area contributed by atoms with Gasteiger partial charge in [0.15, 0.2) is 0 Å². The van der Waals surface area contributed by atoms with Gasteiger partial charge in [-0.15, -0.1) is 0 Å². The SMILES string of the molecule is COc1ccc(C(/C=C/C=C(C#N)C#N)=C(\C=C\C=C(C#N)C#N)c2ccc(OC)cc2)cc1. The second-order valence-corrected chi connectivity index (χ2v) is 6.61. The molecular formula is C28H20N4O2. The molecule has 0 heterocycles. The van der Waals surface area contributed by atoms with E-state index >= 15 is 0 Å². The zero-order chi connectivity index (χ0) is 24.8. The van der Waals surface area contributed by atoms with Gasteiger partial charge < -0.3 is 9.47 Å². The van der Waals surface area contributed by atoms with E-state index in [1.807, 2.05) is 72.8 Å². The van der Waals surface area contributed by atoms with E-state index in [1.165, 1.54) is 12.2 Å². The molecule has 0 fully saturated rings. The number of rotatable bonds is 8. The smallest absolute Gasteiger partial charge is 0.129 e. The number of benzene rings is 2. The summed E-state index contributed by atoms with van der Waals surface area (Å²) in [5.74, 6) is 1.39. The van der Waals surface area contributed by atoms with Crippen molar-refractivity contribution in [1.29, 1.82) is 21.0 Å². The van der Waals surface area contributed by atoms with Crippen LogP contribution in [0.3, 0.4) is 0 Å². The molecule has 0 radical (unpaired) electrons. The van der Waals surface area contributed by atoms with Crippen LogP contribution in [0.4, 0.5) is 0 Å². The van der Waals surface area contributed by atoms with E-state index in [2.05, 4.69) is 0 Å². The van der Waals surface area contributed by atoms with E-state index in [4.69, 9.17) is 30.5 Å². The molecule has 6 nitrogen and oxygen atoms in total. The van der Waals surface area contributed by atoms with Crippen LogP contribution in [-0.4, -0.2) is 14.2 Å². The van der Waals surface area contributed by atoms with E-state index in [0.29, 0.717) is 11.5 Å². The molecule has 2 aromatic rings. The Labute approximate surface area is 199 Å². The van der Waals surface area contributed by atoms with Gasteiger partial charge in [0.2, 0.25) is 0 Å². The third kappa shape index (κ3) is 6.86. The Bertz CT molecular complexity index is 1190. The quantitative estimate of drug-likeness (QED) is 0.294. The fourth-order valence-corrected chi connectivity index (χ4v) is 2.90. The van der Waals surface area contributed by atoms with Crippen molar-refractivity contribution in [2.75, 3.05) is 14.2 Å². The lowest BCUT2D eigenvalue weighted by molar-refractivity contribution is 0.414. The Morgan fingerprint density at radius 3 is 1.18 bits per heavy atom. The van der Waals surface area contributed by atoms with Crippen molar-refractivity contribution in [2.24, 2.45) is 0 Å². The molecule has 0 amide bonds. The molecule has 0 N–H and O–H groups in total. The molecule has 0 unspecified atom stereocenters. The lowest BCUT2D eigenvalue weighted by atomic mass is 9.93. The molecule has 164 valence electrons. The largest absolute Gasteiger partial charge is 0.497 e. The summed E-state index contributed by atoms with van der Waals surface area (Å²) in [6.45, 7) is 0. The summed E-state index contributed by atoms with van der Waals surface area (Å²) in [5.41, 5.74) is 3.20. The lowest BCUT2D eigenvalue weighted by Gasteiger charge is -2.12. The van der Waals surface area contributed by atoms with Crippen LogP contribution < -0.4 is 9.47 Å². The Morgan fingerprint density at radius 2 is 0.912 bits per heavy atom.